The van der Waals surface area contributed by atoms with Gasteiger partial charge in [-0.2, -0.15) is 0 Å². The fourth-order valence-electron chi connectivity index (χ4n) is 4.91. The monoisotopic (exact) mass is 605 g/mol. The van der Waals surface area contributed by atoms with Gasteiger partial charge < -0.3 is 19.1 Å². The number of hydrogen-bond donors (Lipinski definition) is 1. The lowest BCUT2D eigenvalue weighted by Gasteiger charge is -2.34. The third-order valence-corrected chi connectivity index (χ3v) is 6.56. The summed E-state index contributed by atoms with van der Waals surface area (Å²) < 4.78 is 18.8. The molecule has 1 aromatic carbocycles. The number of rotatable bonds is 4. The first kappa shape index (κ1) is 32.4. The van der Waals surface area contributed by atoms with Crippen LogP contribution in [0.25, 0.3) is 11.4 Å². The number of likely N-dealkylation sites (tertiary alicyclic amines) is 1. The predicted octanol–water partition coefficient (Wildman–Crippen LogP) is 6.51. The van der Waals surface area contributed by atoms with Gasteiger partial charge in [0.25, 0.3) is 0 Å². The van der Waals surface area contributed by atoms with Gasteiger partial charge in [-0.1, -0.05) is 17.3 Å². The van der Waals surface area contributed by atoms with Crippen LogP contribution in [0.3, 0.4) is 0 Å². The molecule has 1 aliphatic heterocycles. The number of amides is 2. The molecule has 236 valence electrons. The summed E-state index contributed by atoms with van der Waals surface area (Å²) in [6, 6.07) is 11.7. The number of carbonyl (C=O) groups excluding carboxylic acids is 2. The van der Waals surface area contributed by atoms with E-state index in [1.54, 1.807) is 41.5 Å². The zero-order valence-corrected chi connectivity index (χ0v) is 27.1. The fourth-order valence-corrected chi connectivity index (χ4v) is 4.91. The maximum absolute atomic E-state index is 12.6. The fraction of sp³-hybridized carbons (Fsp3) is 0.500. The van der Waals surface area contributed by atoms with Crippen LogP contribution in [0, 0.1) is 20.8 Å². The SMILES string of the molecule is Cc1cc(C)cc(Oc2cccc(-c3c(C)nnn3C3CCN(/C(=N\C(=O)OC(C)(C)C)NC(=O)OC(C)(C)C)CC3)n2)c1. The third kappa shape index (κ3) is 9.01. The number of aromatic nitrogens is 4. The summed E-state index contributed by atoms with van der Waals surface area (Å²) in [6.07, 6.45) is -0.200. The van der Waals surface area contributed by atoms with Crippen LogP contribution in [-0.2, 0) is 9.47 Å². The van der Waals surface area contributed by atoms with Crippen molar-refractivity contribution in [1.82, 2.24) is 30.2 Å². The second kappa shape index (κ2) is 13.0. The number of aliphatic imine (C=N–C) groups is 1. The molecule has 44 heavy (non-hydrogen) atoms. The van der Waals surface area contributed by atoms with Crippen molar-refractivity contribution in [3.05, 3.63) is 53.2 Å². The van der Waals surface area contributed by atoms with Gasteiger partial charge in [-0.05, 0) is 104 Å². The average Bonchev–Trinajstić information content (AvgIpc) is 3.27. The maximum atomic E-state index is 12.6. The summed E-state index contributed by atoms with van der Waals surface area (Å²) in [7, 11) is 0. The first-order chi connectivity index (χ1) is 20.6. The van der Waals surface area contributed by atoms with E-state index < -0.39 is 23.4 Å². The number of alkyl carbamates (subject to hydrolysis) is 1. The van der Waals surface area contributed by atoms with Crippen LogP contribution in [0.15, 0.2) is 41.4 Å². The van der Waals surface area contributed by atoms with E-state index in [-0.39, 0.29) is 12.0 Å². The number of carbonyl (C=O) groups is 2. The second-order valence-electron chi connectivity index (χ2n) is 13.0. The van der Waals surface area contributed by atoms with Crippen LogP contribution in [-0.4, -0.2) is 67.3 Å². The summed E-state index contributed by atoms with van der Waals surface area (Å²) in [5, 5.41) is 11.5. The van der Waals surface area contributed by atoms with Crippen LogP contribution < -0.4 is 10.1 Å². The minimum atomic E-state index is -0.797. The minimum Gasteiger partial charge on any atom is -0.444 e. The molecule has 1 fully saturated rings. The van der Waals surface area contributed by atoms with E-state index in [1.165, 1.54) is 0 Å². The number of nitrogens with one attached hydrogen (secondary N) is 1. The number of nitrogens with zero attached hydrogens (tertiary/aromatic N) is 6. The lowest BCUT2D eigenvalue weighted by Crippen LogP contribution is -2.49. The van der Waals surface area contributed by atoms with Crippen molar-refractivity contribution in [3.63, 3.8) is 0 Å². The van der Waals surface area contributed by atoms with E-state index in [4.69, 9.17) is 19.2 Å². The van der Waals surface area contributed by atoms with Crippen LogP contribution >= 0.6 is 0 Å². The largest absolute Gasteiger partial charge is 0.444 e. The van der Waals surface area contributed by atoms with Gasteiger partial charge in [-0.15, -0.1) is 10.1 Å². The highest BCUT2D eigenvalue weighted by Gasteiger charge is 2.29. The smallest absolute Gasteiger partial charge is 0.437 e. The Morgan fingerprint density at radius 1 is 0.932 bits per heavy atom. The molecule has 0 atom stereocenters. The lowest BCUT2D eigenvalue weighted by atomic mass is 10.0. The molecule has 1 saturated heterocycles. The van der Waals surface area contributed by atoms with Crippen molar-refractivity contribution >= 4 is 18.1 Å². The molecular formula is C32H43N7O5. The number of pyridine rings is 1. The zero-order chi connectivity index (χ0) is 32.2. The number of hydrogen-bond acceptors (Lipinski definition) is 8. The number of aryl methyl sites for hydroxylation is 3. The second-order valence-corrected chi connectivity index (χ2v) is 13.0. The molecule has 4 rings (SSSR count). The van der Waals surface area contributed by atoms with Crippen molar-refractivity contribution < 1.29 is 23.8 Å². The molecule has 1 N–H and O–H groups in total. The Hall–Kier alpha value is -4.48. The molecule has 0 spiro atoms. The van der Waals surface area contributed by atoms with Gasteiger partial charge >= 0.3 is 12.2 Å². The molecule has 2 amide bonds. The summed E-state index contributed by atoms with van der Waals surface area (Å²) in [5.74, 6) is 1.29. The molecule has 12 nitrogen and oxygen atoms in total. The number of piperidine rings is 1. The molecule has 12 heteroatoms. The predicted molar refractivity (Wildman–Crippen MR) is 167 cm³/mol. The van der Waals surface area contributed by atoms with Crippen LogP contribution in [0.4, 0.5) is 9.59 Å². The molecule has 0 aliphatic carbocycles. The van der Waals surface area contributed by atoms with E-state index in [0.717, 1.165) is 28.3 Å². The van der Waals surface area contributed by atoms with E-state index in [1.807, 2.05) is 60.7 Å². The van der Waals surface area contributed by atoms with Gasteiger partial charge in [0.1, 0.15) is 22.6 Å². The van der Waals surface area contributed by atoms with E-state index in [0.29, 0.717) is 37.5 Å². The quantitative estimate of drug-likeness (QED) is 0.261. The Kier molecular flexibility index (Phi) is 9.60. The van der Waals surface area contributed by atoms with Crippen LogP contribution in [0.1, 0.15) is 77.2 Å². The Morgan fingerprint density at radius 3 is 2.18 bits per heavy atom. The number of guanidine groups is 1. The van der Waals surface area contributed by atoms with Crippen molar-refractivity contribution in [1.29, 1.82) is 0 Å². The normalized spacial score (nSPS) is 14.8. The van der Waals surface area contributed by atoms with E-state index >= 15 is 0 Å². The van der Waals surface area contributed by atoms with Gasteiger partial charge in [-0.25, -0.2) is 19.3 Å². The van der Waals surface area contributed by atoms with Gasteiger partial charge in [0.15, 0.2) is 0 Å². The first-order valence-corrected chi connectivity index (χ1v) is 14.8. The minimum absolute atomic E-state index is 0.00227. The summed E-state index contributed by atoms with van der Waals surface area (Å²) in [5.41, 5.74) is 3.04. The van der Waals surface area contributed by atoms with Gasteiger partial charge in [0.05, 0.1) is 17.4 Å². The van der Waals surface area contributed by atoms with Crippen molar-refractivity contribution in [2.24, 2.45) is 4.99 Å². The highest BCUT2D eigenvalue weighted by Crippen LogP contribution is 2.31. The third-order valence-electron chi connectivity index (χ3n) is 6.56. The standard InChI is InChI=1S/C32H43N7O5/c1-20-17-21(2)19-24(18-20)42-26-12-10-11-25(33-26)27-22(3)36-37-39(27)23-13-15-38(16-14-23)28(34-29(40)43-31(4,5)6)35-30(41)44-32(7,8)9/h10-12,17-19,23H,13-16H2,1-9H3,(H,34,35,40,41). The maximum Gasteiger partial charge on any atom is 0.437 e. The van der Waals surface area contributed by atoms with Gasteiger partial charge in [-0.3, -0.25) is 5.32 Å². The molecule has 1 aliphatic rings. The number of ether oxygens (including phenoxy) is 3. The first-order valence-electron chi connectivity index (χ1n) is 14.8. The van der Waals surface area contributed by atoms with Crippen molar-refractivity contribution in [2.45, 2.75) is 92.4 Å². The Morgan fingerprint density at radius 2 is 1.57 bits per heavy atom. The molecular weight excluding hydrogens is 562 g/mol. The van der Waals surface area contributed by atoms with Gasteiger partial charge in [0.2, 0.25) is 11.8 Å². The Bertz CT molecular complexity index is 1510. The molecule has 3 heterocycles. The topological polar surface area (TPSA) is 133 Å². The molecule has 2 aromatic heterocycles. The lowest BCUT2D eigenvalue weighted by molar-refractivity contribution is 0.0552. The molecule has 3 aromatic rings. The van der Waals surface area contributed by atoms with Crippen molar-refractivity contribution in [3.8, 4) is 23.0 Å². The highest BCUT2D eigenvalue weighted by molar-refractivity contribution is 5.99. The summed E-state index contributed by atoms with van der Waals surface area (Å²) in [6.45, 7) is 17.5. The average molecular weight is 606 g/mol. The highest BCUT2D eigenvalue weighted by atomic mass is 16.6. The summed E-state index contributed by atoms with van der Waals surface area (Å²) in [4.78, 5) is 35.9. The van der Waals surface area contributed by atoms with Crippen LogP contribution in [0.2, 0.25) is 0 Å². The molecule has 0 unspecified atom stereocenters. The molecule has 0 saturated carbocycles. The molecule has 0 bridgehead atoms. The Balaban J connectivity index is 1.52. The molecule has 0 radical (unpaired) electrons. The van der Waals surface area contributed by atoms with Gasteiger partial charge in [0, 0.05) is 19.2 Å². The van der Waals surface area contributed by atoms with Crippen molar-refractivity contribution in [2.75, 3.05) is 13.1 Å². The van der Waals surface area contributed by atoms with Crippen LogP contribution in [0.5, 0.6) is 11.6 Å². The van der Waals surface area contributed by atoms with E-state index in [9.17, 15) is 9.59 Å². The number of benzene rings is 1. The Labute approximate surface area is 258 Å². The summed E-state index contributed by atoms with van der Waals surface area (Å²) >= 11 is 0. The zero-order valence-electron chi connectivity index (χ0n) is 27.1. The van der Waals surface area contributed by atoms with E-state index in [2.05, 4.69) is 26.7 Å².